The molecule has 0 aliphatic heterocycles. The molecule has 0 bridgehead atoms. The van der Waals surface area contributed by atoms with Gasteiger partial charge in [-0.3, -0.25) is 4.68 Å². The van der Waals surface area contributed by atoms with Gasteiger partial charge >= 0.3 is 0 Å². The van der Waals surface area contributed by atoms with Crippen LogP contribution in [0.1, 0.15) is 23.6 Å². The molecule has 0 unspecified atom stereocenters. The Bertz CT molecular complexity index is 546. The third kappa shape index (κ3) is 2.47. The van der Waals surface area contributed by atoms with Crippen molar-refractivity contribution in [3.05, 3.63) is 41.2 Å². The minimum atomic E-state index is 0.519. The lowest BCUT2D eigenvalue weighted by Crippen LogP contribution is -2.01. The minimum Gasteiger partial charge on any atom is -0.488 e. The van der Waals surface area contributed by atoms with Gasteiger partial charge in [-0.1, -0.05) is 6.07 Å². The zero-order valence-electron chi connectivity index (χ0n) is 11.1. The summed E-state index contributed by atoms with van der Waals surface area (Å²) in [5.41, 5.74) is 9.82. The van der Waals surface area contributed by atoms with Crippen molar-refractivity contribution >= 4 is 5.69 Å². The van der Waals surface area contributed by atoms with E-state index < -0.39 is 0 Å². The Morgan fingerprint density at radius 1 is 1.33 bits per heavy atom. The SMILES string of the molecule is CCn1cc(COc2c(C)ccc(N)c2C)cn1. The predicted molar refractivity (Wildman–Crippen MR) is 72.6 cm³/mol. The van der Waals surface area contributed by atoms with Crippen LogP contribution in [0, 0.1) is 13.8 Å². The van der Waals surface area contributed by atoms with Gasteiger partial charge in [0.25, 0.3) is 0 Å². The monoisotopic (exact) mass is 245 g/mol. The van der Waals surface area contributed by atoms with Crippen molar-refractivity contribution in [2.45, 2.75) is 33.9 Å². The molecule has 4 heteroatoms. The molecule has 96 valence electrons. The summed E-state index contributed by atoms with van der Waals surface area (Å²) in [5.74, 6) is 0.874. The van der Waals surface area contributed by atoms with Crippen molar-refractivity contribution in [2.75, 3.05) is 5.73 Å². The van der Waals surface area contributed by atoms with Gasteiger partial charge < -0.3 is 10.5 Å². The van der Waals surface area contributed by atoms with E-state index in [1.807, 2.05) is 43.1 Å². The van der Waals surface area contributed by atoms with Gasteiger partial charge in [-0.2, -0.15) is 5.10 Å². The van der Waals surface area contributed by atoms with Crippen LogP contribution in [0.4, 0.5) is 5.69 Å². The highest BCUT2D eigenvalue weighted by atomic mass is 16.5. The summed E-state index contributed by atoms with van der Waals surface area (Å²) in [5, 5.41) is 4.22. The van der Waals surface area contributed by atoms with Crippen LogP contribution in [0.25, 0.3) is 0 Å². The third-order valence-corrected chi connectivity index (χ3v) is 3.04. The van der Waals surface area contributed by atoms with Crippen LogP contribution in [0.2, 0.25) is 0 Å². The van der Waals surface area contributed by atoms with E-state index >= 15 is 0 Å². The zero-order valence-corrected chi connectivity index (χ0v) is 11.1. The molecule has 0 radical (unpaired) electrons. The number of ether oxygens (including phenoxy) is 1. The Labute approximate surface area is 107 Å². The van der Waals surface area contributed by atoms with Crippen molar-refractivity contribution in [1.29, 1.82) is 0 Å². The number of aryl methyl sites for hydroxylation is 2. The molecule has 1 heterocycles. The molecule has 2 N–H and O–H groups in total. The highest BCUT2D eigenvalue weighted by molar-refractivity contribution is 5.56. The Morgan fingerprint density at radius 2 is 2.11 bits per heavy atom. The number of benzene rings is 1. The molecule has 1 aromatic heterocycles. The molecular formula is C14H19N3O. The van der Waals surface area contributed by atoms with E-state index in [1.165, 1.54) is 0 Å². The summed E-state index contributed by atoms with van der Waals surface area (Å²) < 4.78 is 7.75. The van der Waals surface area contributed by atoms with E-state index in [0.29, 0.717) is 6.61 Å². The Balaban J connectivity index is 2.12. The summed E-state index contributed by atoms with van der Waals surface area (Å²) in [4.78, 5) is 0. The van der Waals surface area contributed by atoms with E-state index in [2.05, 4.69) is 12.0 Å². The average molecular weight is 245 g/mol. The van der Waals surface area contributed by atoms with Crippen LogP contribution >= 0.6 is 0 Å². The Morgan fingerprint density at radius 3 is 2.78 bits per heavy atom. The smallest absolute Gasteiger partial charge is 0.127 e. The maximum atomic E-state index is 5.89. The topological polar surface area (TPSA) is 53.1 Å². The summed E-state index contributed by atoms with van der Waals surface area (Å²) in [6.07, 6.45) is 3.83. The van der Waals surface area contributed by atoms with E-state index in [4.69, 9.17) is 10.5 Å². The quantitative estimate of drug-likeness (QED) is 0.842. The number of hydrogen-bond acceptors (Lipinski definition) is 3. The first kappa shape index (κ1) is 12.5. The standard InChI is InChI=1S/C14H19N3O/c1-4-17-8-12(7-16-17)9-18-14-10(2)5-6-13(15)11(14)3/h5-8H,4,9,15H2,1-3H3. The first-order valence-corrected chi connectivity index (χ1v) is 6.11. The molecule has 2 aromatic rings. The third-order valence-electron chi connectivity index (χ3n) is 3.04. The van der Waals surface area contributed by atoms with Gasteiger partial charge in [0, 0.05) is 29.6 Å². The summed E-state index contributed by atoms with van der Waals surface area (Å²) in [7, 11) is 0. The number of nitrogens with two attached hydrogens (primary N) is 1. The van der Waals surface area contributed by atoms with Gasteiger partial charge in [0.15, 0.2) is 0 Å². The second-order valence-corrected chi connectivity index (χ2v) is 4.42. The molecule has 0 saturated carbocycles. The Kier molecular flexibility index (Phi) is 3.55. The van der Waals surface area contributed by atoms with E-state index in [-0.39, 0.29) is 0 Å². The van der Waals surface area contributed by atoms with Crippen molar-refractivity contribution in [3.63, 3.8) is 0 Å². The van der Waals surface area contributed by atoms with Crippen molar-refractivity contribution < 1.29 is 4.74 Å². The zero-order chi connectivity index (χ0) is 13.1. The highest BCUT2D eigenvalue weighted by Crippen LogP contribution is 2.28. The predicted octanol–water partition coefficient (Wildman–Crippen LogP) is 2.68. The number of anilines is 1. The molecule has 0 aliphatic carbocycles. The fourth-order valence-corrected chi connectivity index (χ4v) is 1.87. The van der Waals surface area contributed by atoms with Crippen LogP contribution < -0.4 is 10.5 Å². The summed E-state index contributed by atoms with van der Waals surface area (Å²) in [6, 6.07) is 3.89. The molecule has 1 aromatic carbocycles. The van der Waals surface area contributed by atoms with E-state index in [1.54, 1.807) is 0 Å². The molecule has 0 fully saturated rings. The van der Waals surface area contributed by atoms with E-state index in [9.17, 15) is 0 Å². The van der Waals surface area contributed by atoms with Gasteiger partial charge in [-0.15, -0.1) is 0 Å². The highest BCUT2D eigenvalue weighted by Gasteiger charge is 2.07. The second-order valence-electron chi connectivity index (χ2n) is 4.42. The van der Waals surface area contributed by atoms with Crippen LogP contribution in [-0.4, -0.2) is 9.78 Å². The number of nitrogens with zero attached hydrogens (tertiary/aromatic N) is 2. The number of nitrogen functional groups attached to an aromatic ring is 1. The molecule has 0 saturated heterocycles. The maximum Gasteiger partial charge on any atom is 0.127 e. The summed E-state index contributed by atoms with van der Waals surface area (Å²) in [6.45, 7) is 7.45. The lowest BCUT2D eigenvalue weighted by atomic mass is 10.1. The molecule has 0 amide bonds. The molecular weight excluding hydrogens is 226 g/mol. The normalized spacial score (nSPS) is 10.6. The van der Waals surface area contributed by atoms with Gasteiger partial charge in [0.2, 0.25) is 0 Å². The maximum absolute atomic E-state index is 5.89. The molecule has 0 spiro atoms. The first-order valence-electron chi connectivity index (χ1n) is 6.11. The van der Waals surface area contributed by atoms with Crippen molar-refractivity contribution in [1.82, 2.24) is 9.78 Å². The molecule has 2 rings (SSSR count). The van der Waals surface area contributed by atoms with Gasteiger partial charge in [0.05, 0.1) is 6.20 Å². The van der Waals surface area contributed by atoms with Crippen LogP contribution in [0.5, 0.6) is 5.75 Å². The molecule has 4 nitrogen and oxygen atoms in total. The number of aromatic nitrogens is 2. The lowest BCUT2D eigenvalue weighted by Gasteiger charge is -2.12. The summed E-state index contributed by atoms with van der Waals surface area (Å²) >= 11 is 0. The number of hydrogen-bond donors (Lipinski definition) is 1. The lowest BCUT2D eigenvalue weighted by molar-refractivity contribution is 0.302. The van der Waals surface area contributed by atoms with Crippen molar-refractivity contribution in [3.8, 4) is 5.75 Å². The van der Waals surface area contributed by atoms with Crippen LogP contribution in [0.3, 0.4) is 0 Å². The van der Waals surface area contributed by atoms with Gasteiger partial charge in [-0.05, 0) is 32.4 Å². The first-order chi connectivity index (χ1) is 8.61. The largest absolute Gasteiger partial charge is 0.488 e. The Hall–Kier alpha value is -1.97. The van der Waals surface area contributed by atoms with Gasteiger partial charge in [0.1, 0.15) is 12.4 Å². The minimum absolute atomic E-state index is 0.519. The molecule has 0 atom stereocenters. The second kappa shape index (κ2) is 5.12. The number of rotatable bonds is 4. The van der Waals surface area contributed by atoms with Crippen LogP contribution in [-0.2, 0) is 13.2 Å². The fourth-order valence-electron chi connectivity index (χ4n) is 1.87. The molecule has 0 aliphatic rings. The average Bonchev–Trinajstić information content (AvgIpc) is 2.82. The fraction of sp³-hybridized carbons (Fsp3) is 0.357. The van der Waals surface area contributed by atoms with E-state index in [0.717, 1.165) is 34.7 Å². The van der Waals surface area contributed by atoms with Crippen LogP contribution in [0.15, 0.2) is 24.5 Å². The molecule has 18 heavy (non-hydrogen) atoms. The van der Waals surface area contributed by atoms with Crippen molar-refractivity contribution in [2.24, 2.45) is 0 Å². The van der Waals surface area contributed by atoms with Gasteiger partial charge in [-0.25, -0.2) is 0 Å².